The first-order valence-electron chi connectivity index (χ1n) is 7.72. The molecule has 0 saturated carbocycles. The van der Waals surface area contributed by atoms with Gasteiger partial charge in [0.15, 0.2) is 6.61 Å². The van der Waals surface area contributed by atoms with Crippen molar-refractivity contribution >= 4 is 5.91 Å². The second-order valence-corrected chi connectivity index (χ2v) is 5.42. The number of amides is 1. The molecule has 1 fully saturated rings. The molecule has 0 spiro atoms. The van der Waals surface area contributed by atoms with Gasteiger partial charge in [0, 0.05) is 26.2 Å². The van der Waals surface area contributed by atoms with Gasteiger partial charge in [-0.25, -0.2) is 0 Å². The summed E-state index contributed by atoms with van der Waals surface area (Å²) in [6.07, 6.45) is 0.256. The van der Waals surface area contributed by atoms with Crippen LogP contribution in [0, 0.1) is 0 Å². The molecule has 6 heteroatoms. The van der Waals surface area contributed by atoms with Gasteiger partial charge in [-0.1, -0.05) is 19.1 Å². The minimum absolute atomic E-state index is 0.0927. The second kappa shape index (κ2) is 8.73. The van der Waals surface area contributed by atoms with Crippen molar-refractivity contribution in [2.24, 2.45) is 5.73 Å². The number of nitrogens with one attached hydrogen (secondary N) is 1. The van der Waals surface area contributed by atoms with Gasteiger partial charge in [0.05, 0.1) is 12.7 Å². The van der Waals surface area contributed by atoms with E-state index in [0.717, 1.165) is 44.9 Å². The Kier molecular flexibility index (Phi) is 6.64. The predicted octanol–water partition coefficient (Wildman–Crippen LogP) is 0.361. The van der Waals surface area contributed by atoms with E-state index in [0.29, 0.717) is 5.75 Å². The number of primary amides is 1. The van der Waals surface area contributed by atoms with E-state index in [2.05, 4.69) is 17.1 Å². The number of ether oxygens (including phenoxy) is 2. The Hall–Kier alpha value is -1.63. The summed E-state index contributed by atoms with van der Waals surface area (Å²) in [6.45, 7) is 7.61. The first-order valence-corrected chi connectivity index (χ1v) is 7.72. The fourth-order valence-corrected chi connectivity index (χ4v) is 2.43. The molecule has 1 aromatic carbocycles. The highest BCUT2D eigenvalue weighted by Crippen LogP contribution is 2.12. The molecule has 1 atom stereocenters. The van der Waals surface area contributed by atoms with Gasteiger partial charge in [-0.2, -0.15) is 0 Å². The van der Waals surface area contributed by atoms with Gasteiger partial charge in [0.25, 0.3) is 5.91 Å². The van der Waals surface area contributed by atoms with E-state index in [-0.39, 0.29) is 12.7 Å². The van der Waals surface area contributed by atoms with Crippen LogP contribution in [0.2, 0.25) is 0 Å². The summed E-state index contributed by atoms with van der Waals surface area (Å²) in [5.41, 5.74) is 6.20. The third kappa shape index (κ3) is 5.63. The molecule has 3 N–H and O–H groups in total. The van der Waals surface area contributed by atoms with E-state index in [1.807, 2.05) is 24.3 Å². The molecule has 1 aromatic rings. The average molecular weight is 307 g/mol. The van der Waals surface area contributed by atoms with Crippen molar-refractivity contribution in [1.82, 2.24) is 10.2 Å². The number of nitrogens with zero attached hydrogens (tertiary/aromatic N) is 1. The number of carbonyl (C=O) groups is 1. The Bertz CT molecular complexity index is 464. The van der Waals surface area contributed by atoms with E-state index in [9.17, 15) is 4.79 Å². The first-order chi connectivity index (χ1) is 10.7. The number of hydrogen-bond acceptors (Lipinski definition) is 5. The molecule has 1 heterocycles. The van der Waals surface area contributed by atoms with Gasteiger partial charge in [0.2, 0.25) is 0 Å². The Morgan fingerprint density at radius 1 is 1.45 bits per heavy atom. The molecular formula is C16H25N3O3. The molecule has 0 bridgehead atoms. The van der Waals surface area contributed by atoms with Crippen LogP contribution in [0.25, 0.3) is 0 Å². The molecule has 6 nitrogen and oxygen atoms in total. The molecule has 1 aliphatic rings. The van der Waals surface area contributed by atoms with E-state index in [4.69, 9.17) is 15.2 Å². The number of likely N-dealkylation sites (N-methyl/N-ethyl adjacent to an activating group) is 1. The van der Waals surface area contributed by atoms with Gasteiger partial charge in [-0.15, -0.1) is 0 Å². The molecule has 1 unspecified atom stereocenters. The van der Waals surface area contributed by atoms with Crippen LogP contribution in [-0.4, -0.2) is 56.3 Å². The molecule has 122 valence electrons. The zero-order valence-electron chi connectivity index (χ0n) is 13.1. The van der Waals surface area contributed by atoms with Crippen molar-refractivity contribution < 1.29 is 14.3 Å². The third-order valence-corrected chi connectivity index (χ3v) is 3.68. The summed E-state index contributed by atoms with van der Waals surface area (Å²) in [7, 11) is 0. The predicted molar refractivity (Wildman–Crippen MR) is 84.7 cm³/mol. The maximum absolute atomic E-state index is 10.6. The zero-order valence-corrected chi connectivity index (χ0v) is 13.1. The Balaban J connectivity index is 1.69. The van der Waals surface area contributed by atoms with Crippen molar-refractivity contribution in [2.75, 3.05) is 39.4 Å². The van der Waals surface area contributed by atoms with Gasteiger partial charge in [-0.3, -0.25) is 9.69 Å². The number of morpholine rings is 1. The molecule has 2 rings (SSSR count). The van der Waals surface area contributed by atoms with Crippen LogP contribution in [0.3, 0.4) is 0 Å². The van der Waals surface area contributed by atoms with Gasteiger partial charge < -0.3 is 20.5 Å². The van der Waals surface area contributed by atoms with E-state index >= 15 is 0 Å². The first kappa shape index (κ1) is 16.7. The molecule has 1 aliphatic heterocycles. The standard InChI is InChI=1S/C16H25N3O3/c1-2-19-7-8-21-15(11-19)10-18-9-13-3-5-14(6-4-13)22-12-16(17)20/h3-6,15,18H,2,7-12H2,1H3,(H2,17,20). The number of hydrogen-bond donors (Lipinski definition) is 2. The highest BCUT2D eigenvalue weighted by atomic mass is 16.5. The molecule has 22 heavy (non-hydrogen) atoms. The van der Waals surface area contributed by atoms with Crippen LogP contribution in [0.1, 0.15) is 12.5 Å². The summed E-state index contributed by atoms with van der Waals surface area (Å²) < 4.78 is 11.0. The number of nitrogens with two attached hydrogens (primary N) is 1. The lowest BCUT2D eigenvalue weighted by Crippen LogP contribution is -2.46. The summed E-state index contributed by atoms with van der Waals surface area (Å²) in [4.78, 5) is 13.1. The van der Waals surface area contributed by atoms with Crippen LogP contribution in [-0.2, 0) is 16.1 Å². The summed E-state index contributed by atoms with van der Waals surface area (Å²) in [6, 6.07) is 7.64. The van der Waals surface area contributed by atoms with Crippen molar-refractivity contribution in [3.63, 3.8) is 0 Å². The van der Waals surface area contributed by atoms with Crippen molar-refractivity contribution in [3.05, 3.63) is 29.8 Å². The highest BCUT2D eigenvalue weighted by molar-refractivity contribution is 5.75. The highest BCUT2D eigenvalue weighted by Gasteiger charge is 2.18. The normalized spacial score (nSPS) is 19.0. The van der Waals surface area contributed by atoms with Crippen molar-refractivity contribution in [2.45, 2.75) is 19.6 Å². The maximum Gasteiger partial charge on any atom is 0.255 e. The van der Waals surface area contributed by atoms with Crippen molar-refractivity contribution in [3.8, 4) is 5.75 Å². The minimum atomic E-state index is -0.473. The molecule has 0 aliphatic carbocycles. The Morgan fingerprint density at radius 2 is 2.23 bits per heavy atom. The lowest BCUT2D eigenvalue weighted by Gasteiger charge is -2.32. The number of rotatable bonds is 8. The average Bonchev–Trinajstić information content (AvgIpc) is 2.54. The van der Waals surface area contributed by atoms with E-state index in [1.54, 1.807) is 0 Å². The summed E-state index contributed by atoms with van der Waals surface area (Å²) >= 11 is 0. The van der Waals surface area contributed by atoms with Gasteiger partial charge >= 0.3 is 0 Å². The van der Waals surface area contributed by atoms with Gasteiger partial charge in [-0.05, 0) is 24.2 Å². The maximum atomic E-state index is 10.6. The smallest absolute Gasteiger partial charge is 0.255 e. The van der Waals surface area contributed by atoms with E-state index < -0.39 is 5.91 Å². The fourth-order valence-electron chi connectivity index (χ4n) is 2.43. The van der Waals surface area contributed by atoms with Crippen LogP contribution in [0.4, 0.5) is 0 Å². The Morgan fingerprint density at radius 3 is 2.91 bits per heavy atom. The van der Waals surface area contributed by atoms with Crippen LogP contribution < -0.4 is 15.8 Å². The van der Waals surface area contributed by atoms with Crippen LogP contribution in [0.15, 0.2) is 24.3 Å². The molecule has 0 radical (unpaired) electrons. The van der Waals surface area contributed by atoms with Crippen LogP contribution in [0.5, 0.6) is 5.75 Å². The van der Waals surface area contributed by atoms with E-state index in [1.165, 1.54) is 0 Å². The zero-order chi connectivity index (χ0) is 15.8. The molecule has 1 amide bonds. The second-order valence-electron chi connectivity index (χ2n) is 5.42. The molecular weight excluding hydrogens is 282 g/mol. The largest absolute Gasteiger partial charge is 0.484 e. The fraction of sp³-hybridized carbons (Fsp3) is 0.562. The van der Waals surface area contributed by atoms with Gasteiger partial charge in [0.1, 0.15) is 5.75 Å². The quantitative estimate of drug-likeness (QED) is 0.725. The lowest BCUT2D eigenvalue weighted by atomic mass is 10.2. The number of benzene rings is 1. The third-order valence-electron chi connectivity index (χ3n) is 3.68. The molecule has 0 aromatic heterocycles. The SMILES string of the molecule is CCN1CCOC(CNCc2ccc(OCC(N)=O)cc2)C1. The van der Waals surface area contributed by atoms with Crippen LogP contribution >= 0.6 is 0 Å². The molecule has 1 saturated heterocycles. The topological polar surface area (TPSA) is 76.8 Å². The summed E-state index contributed by atoms with van der Waals surface area (Å²) in [5.74, 6) is 0.177. The van der Waals surface area contributed by atoms with Crippen molar-refractivity contribution in [1.29, 1.82) is 0 Å². The minimum Gasteiger partial charge on any atom is -0.484 e. The summed E-state index contributed by atoms with van der Waals surface area (Å²) in [5, 5.41) is 3.42. The monoisotopic (exact) mass is 307 g/mol. The Labute approximate surface area is 131 Å². The lowest BCUT2D eigenvalue weighted by molar-refractivity contribution is -0.119. The number of carbonyl (C=O) groups excluding carboxylic acids is 1.